The molecule has 6 nitrogen and oxygen atoms in total. The fourth-order valence-corrected chi connectivity index (χ4v) is 2.52. The molecule has 0 heterocycles. The van der Waals surface area contributed by atoms with Crippen molar-refractivity contribution in [2.45, 2.75) is 0 Å². The number of anilines is 3. The normalized spacial score (nSPS) is 9.96. The van der Waals surface area contributed by atoms with E-state index < -0.39 is 0 Å². The van der Waals surface area contributed by atoms with Gasteiger partial charge in [0.1, 0.15) is 5.75 Å². The minimum absolute atomic E-state index is 0.293. The number of ether oxygens (including phenoxy) is 1. The topological polar surface area (TPSA) is 79.5 Å². The lowest BCUT2D eigenvalue weighted by molar-refractivity contribution is 0.102. The summed E-state index contributed by atoms with van der Waals surface area (Å²) in [5.41, 5.74) is 2.24. The molecule has 3 N–H and O–H groups in total. The molecule has 3 amide bonds. The van der Waals surface area contributed by atoms with E-state index in [1.807, 2.05) is 18.2 Å². The fourth-order valence-electron chi connectivity index (χ4n) is 2.52. The van der Waals surface area contributed by atoms with E-state index in [4.69, 9.17) is 4.74 Å². The second-order valence-corrected chi connectivity index (χ2v) is 5.68. The smallest absolute Gasteiger partial charge is 0.323 e. The highest BCUT2D eigenvalue weighted by atomic mass is 16.5. The van der Waals surface area contributed by atoms with Gasteiger partial charge in [0, 0.05) is 17.1 Å². The summed E-state index contributed by atoms with van der Waals surface area (Å²) in [5, 5.41) is 8.28. The van der Waals surface area contributed by atoms with Gasteiger partial charge in [-0.3, -0.25) is 4.79 Å². The Morgan fingerprint density at radius 1 is 0.704 bits per heavy atom. The van der Waals surface area contributed by atoms with E-state index in [0.29, 0.717) is 28.4 Å². The zero-order valence-electron chi connectivity index (χ0n) is 14.7. The standard InChI is InChI=1S/C21H19N3O3/c1-27-19-13-6-5-12-18(19)20(25)22-16-10-7-11-17(14-16)24-21(26)23-15-8-3-2-4-9-15/h2-14H,1H3,(H,22,25)(H2,23,24,26). The van der Waals surface area contributed by atoms with E-state index >= 15 is 0 Å². The van der Waals surface area contributed by atoms with Crippen molar-refractivity contribution in [1.82, 2.24) is 0 Å². The molecule has 27 heavy (non-hydrogen) atoms. The first-order chi connectivity index (χ1) is 13.2. The van der Waals surface area contributed by atoms with Gasteiger partial charge in [0.25, 0.3) is 5.91 Å². The number of hydrogen-bond acceptors (Lipinski definition) is 3. The van der Waals surface area contributed by atoms with Crippen LogP contribution < -0.4 is 20.7 Å². The van der Waals surface area contributed by atoms with Gasteiger partial charge in [0.15, 0.2) is 0 Å². The molecule has 0 aliphatic heterocycles. The highest BCUT2D eigenvalue weighted by Gasteiger charge is 2.12. The molecule has 3 aromatic rings. The molecule has 0 atom stereocenters. The highest BCUT2D eigenvalue weighted by molar-refractivity contribution is 6.06. The number of nitrogens with one attached hydrogen (secondary N) is 3. The molecule has 0 bridgehead atoms. The summed E-state index contributed by atoms with van der Waals surface area (Å²) in [6, 6.07) is 22.6. The number of carbonyl (C=O) groups is 2. The summed E-state index contributed by atoms with van der Waals surface area (Å²) < 4.78 is 5.21. The molecular formula is C21H19N3O3. The first-order valence-corrected chi connectivity index (χ1v) is 8.33. The van der Waals surface area contributed by atoms with Gasteiger partial charge < -0.3 is 20.7 Å². The molecule has 0 unspecified atom stereocenters. The third kappa shape index (κ3) is 4.85. The van der Waals surface area contributed by atoms with Gasteiger partial charge in [-0.15, -0.1) is 0 Å². The first-order valence-electron chi connectivity index (χ1n) is 8.33. The Hall–Kier alpha value is -3.80. The maximum absolute atomic E-state index is 12.5. The molecule has 6 heteroatoms. The van der Waals surface area contributed by atoms with E-state index in [1.54, 1.807) is 60.7 Å². The molecule has 0 spiro atoms. The molecule has 3 rings (SSSR count). The summed E-state index contributed by atoms with van der Waals surface area (Å²) in [6.45, 7) is 0. The zero-order valence-corrected chi connectivity index (χ0v) is 14.7. The number of amides is 3. The molecule has 136 valence electrons. The van der Waals surface area contributed by atoms with Crippen LogP contribution in [-0.4, -0.2) is 19.0 Å². The van der Waals surface area contributed by atoms with Gasteiger partial charge in [0.2, 0.25) is 0 Å². The van der Waals surface area contributed by atoms with Crippen LogP contribution in [0.5, 0.6) is 5.75 Å². The van der Waals surface area contributed by atoms with E-state index in [-0.39, 0.29) is 11.9 Å². The van der Waals surface area contributed by atoms with Crippen molar-refractivity contribution in [2.24, 2.45) is 0 Å². The molecule has 3 aromatic carbocycles. The second kappa shape index (κ2) is 8.53. The van der Waals surface area contributed by atoms with Crippen LogP contribution in [0.25, 0.3) is 0 Å². The average Bonchev–Trinajstić information content (AvgIpc) is 2.69. The maximum atomic E-state index is 12.5. The number of benzene rings is 3. The number of para-hydroxylation sites is 2. The maximum Gasteiger partial charge on any atom is 0.323 e. The lowest BCUT2D eigenvalue weighted by Gasteiger charge is -2.11. The van der Waals surface area contributed by atoms with Crippen LogP contribution in [0.3, 0.4) is 0 Å². The molecule has 0 saturated heterocycles. The Bertz CT molecular complexity index is 942. The van der Waals surface area contributed by atoms with Crippen LogP contribution in [0.2, 0.25) is 0 Å². The fraction of sp³-hybridized carbons (Fsp3) is 0.0476. The van der Waals surface area contributed by atoms with E-state index in [0.717, 1.165) is 0 Å². The Morgan fingerprint density at radius 2 is 1.30 bits per heavy atom. The van der Waals surface area contributed by atoms with Crippen molar-refractivity contribution >= 4 is 29.0 Å². The lowest BCUT2D eigenvalue weighted by Crippen LogP contribution is -2.19. The largest absolute Gasteiger partial charge is 0.496 e. The van der Waals surface area contributed by atoms with E-state index in [9.17, 15) is 9.59 Å². The predicted molar refractivity (Wildman–Crippen MR) is 106 cm³/mol. The number of urea groups is 1. The molecule has 0 aromatic heterocycles. The molecule has 0 saturated carbocycles. The highest BCUT2D eigenvalue weighted by Crippen LogP contribution is 2.21. The Kier molecular flexibility index (Phi) is 5.69. The Morgan fingerprint density at radius 3 is 2.04 bits per heavy atom. The predicted octanol–water partition coefficient (Wildman–Crippen LogP) is 4.59. The second-order valence-electron chi connectivity index (χ2n) is 5.68. The molecule has 0 radical (unpaired) electrons. The van der Waals surface area contributed by atoms with Crippen LogP contribution >= 0.6 is 0 Å². The van der Waals surface area contributed by atoms with Gasteiger partial charge in [0.05, 0.1) is 12.7 Å². The number of rotatable bonds is 5. The summed E-state index contributed by atoms with van der Waals surface area (Å²) in [7, 11) is 1.52. The average molecular weight is 361 g/mol. The summed E-state index contributed by atoms with van der Waals surface area (Å²) >= 11 is 0. The third-order valence-corrected chi connectivity index (χ3v) is 3.76. The van der Waals surface area contributed by atoms with Gasteiger partial charge in [-0.2, -0.15) is 0 Å². The van der Waals surface area contributed by atoms with Crippen molar-refractivity contribution in [1.29, 1.82) is 0 Å². The van der Waals surface area contributed by atoms with Crippen LogP contribution in [0, 0.1) is 0 Å². The summed E-state index contributed by atoms with van der Waals surface area (Å²) in [6.07, 6.45) is 0. The van der Waals surface area contributed by atoms with Crippen LogP contribution in [0.15, 0.2) is 78.9 Å². The van der Waals surface area contributed by atoms with Gasteiger partial charge in [-0.05, 0) is 42.5 Å². The van der Waals surface area contributed by atoms with E-state index in [1.165, 1.54) is 7.11 Å². The van der Waals surface area contributed by atoms with Crippen LogP contribution in [-0.2, 0) is 0 Å². The first kappa shape index (κ1) is 18.0. The van der Waals surface area contributed by atoms with Crippen molar-refractivity contribution in [3.63, 3.8) is 0 Å². The van der Waals surface area contributed by atoms with Crippen molar-refractivity contribution < 1.29 is 14.3 Å². The van der Waals surface area contributed by atoms with Crippen LogP contribution in [0.1, 0.15) is 10.4 Å². The van der Waals surface area contributed by atoms with Gasteiger partial charge in [-0.25, -0.2) is 4.79 Å². The zero-order chi connectivity index (χ0) is 19.1. The minimum Gasteiger partial charge on any atom is -0.496 e. The molecule has 0 fully saturated rings. The lowest BCUT2D eigenvalue weighted by atomic mass is 10.2. The van der Waals surface area contributed by atoms with Gasteiger partial charge >= 0.3 is 6.03 Å². The van der Waals surface area contributed by atoms with Crippen molar-refractivity contribution in [3.05, 3.63) is 84.4 Å². The van der Waals surface area contributed by atoms with Gasteiger partial charge in [-0.1, -0.05) is 36.4 Å². The Balaban J connectivity index is 1.66. The third-order valence-electron chi connectivity index (χ3n) is 3.76. The number of carbonyl (C=O) groups excluding carboxylic acids is 2. The van der Waals surface area contributed by atoms with Crippen molar-refractivity contribution in [3.8, 4) is 5.75 Å². The molecular weight excluding hydrogens is 342 g/mol. The number of methoxy groups -OCH3 is 1. The molecule has 0 aliphatic carbocycles. The summed E-state index contributed by atoms with van der Waals surface area (Å²) in [5.74, 6) is 0.199. The molecule has 0 aliphatic rings. The SMILES string of the molecule is COc1ccccc1C(=O)Nc1cccc(NC(=O)Nc2ccccc2)c1. The van der Waals surface area contributed by atoms with Crippen LogP contribution in [0.4, 0.5) is 21.9 Å². The minimum atomic E-state index is -0.366. The van der Waals surface area contributed by atoms with Crippen molar-refractivity contribution in [2.75, 3.05) is 23.1 Å². The van der Waals surface area contributed by atoms with E-state index in [2.05, 4.69) is 16.0 Å². The number of hydrogen-bond donors (Lipinski definition) is 3. The Labute approximate surface area is 157 Å². The quantitative estimate of drug-likeness (QED) is 0.622. The summed E-state index contributed by atoms with van der Waals surface area (Å²) in [4.78, 5) is 24.6. The monoisotopic (exact) mass is 361 g/mol.